The van der Waals surface area contributed by atoms with Crippen LogP contribution < -0.4 is 5.32 Å². The summed E-state index contributed by atoms with van der Waals surface area (Å²) in [6.07, 6.45) is 1.78. The Hall–Kier alpha value is -2.96. The molecule has 0 saturated carbocycles. The lowest BCUT2D eigenvalue weighted by Gasteiger charge is -2.08. The SMILES string of the molecule is CCOC(=O)C=CC(=O)OCC(=O)Nc1ccccc1C(C)=O. The molecule has 0 saturated heterocycles. The number of anilines is 1. The van der Waals surface area contributed by atoms with Crippen LogP contribution in [0.2, 0.25) is 0 Å². The maximum absolute atomic E-state index is 11.7. The number of amides is 1. The van der Waals surface area contributed by atoms with Crippen LogP contribution in [0, 0.1) is 0 Å². The van der Waals surface area contributed by atoms with Crippen LogP contribution in [-0.2, 0) is 23.9 Å². The molecule has 0 unspecified atom stereocenters. The van der Waals surface area contributed by atoms with Crippen molar-refractivity contribution in [1.82, 2.24) is 0 Å². The maximum atomic E-state index is 11.7. The van der Waals surface area contributed by atoms with E-state index in [0.717, 1.165) is 12.2 Å². The summed E-state index contributed by atoms with van der Waals surface area (Å²) in [6, 6.07) is 6.48. The van der Waals surface area contributed by atoms with Crippen LogP contribution in [0.3, 0.4) is 0 Å². The number of benzene rings is 1. The Bertz CT molecular complexity index is 635. The summed E-state index contributed by atoms with van der Waals surface area (Å²) in [4.78, 5) is 45.5. The number of rotatable bonds is 7. The molecule has 0 aliphatic carbocycles. The van der Waals surface area contributed by atoms with Gasteiger partial charge in [0.25, 0.3) is 5.91 Å². The van der Waals surface area contributed by atoms with Gasteiger partial charge >= 0.3 is 11.9 Å². The molecule has 1 aromatic carbocycles. The van der Waals surface area contributed by atoms with Gasteiger partial charge in [0.1, 0.15) is 0 Å². The van der Waals surface area contributed by atoms with Crippen LogP contribution in [0.4, 0.5) is 5.69 Å². The number of Topliss-reactive ketones (excluding diaryl/α,β-unsaturated/α-hetero) is 1. The third-order valence-corrected chi connectivity index (χ3v) is 2.57. The summed E-state index contributed by atoms with van der Waals surface area (Å²) in [7, 11) is 0. The van der Waals surface area contributed by atoms with Gasteiger partial charge in [-0.2, -0.15) is 0 Å². The van der Waals surface area contributed by atoms with E-state index in [9.17, 15) is 19.2 Å². The molecule has 23 heavy (non-hydrogen) atoms. The number of hydrogen-bond donors (Lipinski definition) is 1. The predicted molar refractivity (Wildman–Crippen MR) is 81.8 cm³/mol. The Balaban J connectivity index is 2.51. The van der Waals surface area contributed by atoms with E-state index >= 15 is 0 Å². The van der Waals surface area contributed by atoms with Crippen LogP contribution in [0.5, 0.6) is 0 Å². The van der Waals surface area contributed by atoms with Crippen molar-refractivity contribution >= 4 is 29.3 Å². The third-order valence-electron chi connectivity index (χ3n) is 2.57. The molecule has 1 aromatic rings. The largest absolute Gasteiger partial charge is 0.463 e. The average Bonchev–Trinajstić information content (AvgIpc) is 2.51. The highest BCUT2D eigenvalue weighted by molar-refractivity contribution is 6.04. The van der Waals surface area contributed by atoms with Crippen LogP contribution in [0.1, 0.15) is 24.2 Å². The van der Waals surface area contributed by atoms with E-state index in [0.29, 0.717) is 11.3 Å². The van der Waals surface area contributed by atoms with Gasteiger partial charge in [-0.1, -0.05) is 12.1 Å². The maximum Gasteiger partial charge on any atom is 0.331 e. The van der Waals surface area contributed by atoms with Crippen molar-refractivity contribution in [2.75, 3.05) is 18.5 Å². The fourth-order valence-corrected chi connectivity index (χ4v) is 1.60. The van der Waals surface area contributed by atoms with Crippen LogP contribution in [0.25, 0.3) is 0 Å². The normalized spacial score (nSPS) is 10.2. The van der Waals surface area contributed by atoms with E-state index in [1.165, 1.54) is 6.92 Å². The van der Waals surface area contributed by atoms with Crippen LogP contribution >= 0.6 is 0 Å². The summed E-state index contributed by atoms with van der Waals surface area (Å²) in [5, 5.41) is 2.48. The highest BCUT2D eigenvalue weighted by Crippen LogP contribution is 2.15. The van der Waals surface area contributed by atoms with E-state index in [2.05, 4.69) is 14.8 Å². The Morgan fingerprint density at radius 3 is 2.26 bits per heavy atom. The van der Waals surface area contributed by atoms with Gasteiger partial charge < -0.3 is 14.8 Å². The van der Waals surface area contributed by atoms with Crippen molar-refractivity contribution in [3.63, 3.8) is 0 Å². The predicted octanol–water partition coefficient (Wildman–Crippen LogP) is 1.49. The van der Waals surface area contributed by atoms with Gasteiger partial charge in [0.05, 0.1) is 12.3 Å². The molecular formula is C16H17NO6. The molecule has 0 heterocycles. The molecule has 1 rings (SSSR count). The minimum absolute atomic E-state index is 0.191. The highest BCUT2D eigenvalue weighted by Gasteiger charge is 2.11. The van der Waals surface area contributed by atoms with E-state index in [1.54, 1.807) is 31.2 Å². The molecule has 7 nitrogen and oxygen atoms in total. The molecule has 0 spiro atoms. The first kappa shape index (κ1) is 18.1. The summed E-state index contributed by atoms with van der Waals surface area (Å²) >= 11 is 0. The van der Waals surface area contributed by atoms with E-state index in [1.807, 2.05) is 0 Å². The molecule has 122 valence electrons. The molecular weight excluding hydrogens is 302 g/mol. The number of ether oxygens (including phenoxy) is 2. The summed E-state index contributed by atoms with van der Waals surface area (Å²) in [5.41, 5.74) is 0.692. The zero-order valence-electron chi connectivity index (χ0n) is 12.8. The van der Waals surface area contributed by atoms with Gasteiger partial charge in [0, 0.05) is 17.7 Å². The number of carbonyl (C=O) groups is 4. The van der Waals surface area contributed by atoms with E-state index in [4.69, 9.17) is 0 Å². The first-order valence-corrected chi connectivity index (χ1v) is 6.85. The number of ketones is 1. The van der Waals surface area contributed by atoms with Crippen molar-refractivity contribution < 1.29 is 28.7 Å². The van der Waals surface area contributed by atoms with Crippen molar-refractivity contribution in [3.05, 3.63) is 42.0 Å². The summed E-state index contributed by atoms with van der Waals surface area (Å²) in [6.45, 7) is 2.66. The van der Waals surface area contributed by atoms with Gasteiger partial charge in [-0.05, 0) is 26.0 Å². The number of hydrogen-bond acceptors (Lipinski definition) is 6. The quantitative estimate of drug-likeness (QED) is 0.464. The molecule has 0 aliphatic heterocycles. The fourth-order valence-electron chi connectivity index (χ4n) is 1.60. The van der Waals surface area contributed by atoms with Gasteiger partial charge in [0.15, 0.2) is 12.4 Å². The topological polar surface area (TPSA) is 98.8 Å². The molecule has 0 bridgehead atoms. The number of esters is 2. The van der Waals surface area contributed by atoms with Crippen molar-refractivity contribution in [2.45, 2.75) is 13.8 Å². The van der Waals surface area contributed by atoms with E-state index in [-0.39, 0.29) is 12.4 Å². The second-order valence-corrected chi connectivity index (χ2v) is 4.34. The van der Waals surface area contributed by atoms with Crippen molar-refractivity contribution in [3.8, 4) is 0 Å². The molecule has 1 amide bonds. The smallest absolute Gasteiger partial charge is 0.331 e. The Morgan fingerprint density at radius 2 is 1.65 bits per heavy atom. The Kier molecular flexibility index (Phi) is 7.19. The monoisotopic (exact) mass is 319 g/mol. The lowest BCUT2D eigenvalue weighted by atomic mass is 10.1. The molecule has 0 aliphatic rings. The molecule has 0 radical (unpaired) electrons. The molecule has 1 N–H and O–H groups in total. The minimum atomic E-state index is -0.854. The van der Waals surface area contributed by atoms with Crippen molar-refractivity contribution in [1.29, 1.82) is 0 Å². The molecule has 7 heteroatoms. The van der Waals surface area contributed by atoms with Crippen molar-refractivity contribution in [2.24, 2.45) is 0 Å². The lowest BCUT2D eigenvalue weighted by molar-refractivity contribution is -0.143. The van der Waals surface area contributed by atoms with Gasteiger partial charge in [-0.15, -0.1) is 0 Å². The number of nitrogens with one attached hydrogen (secondary N) is 1. The highest BCUT2D eigenvalue weighted by atomic mass is 16.5. The van der Waals surface area contributed by atoms with Gasteiger partial charge in [0.2, 0.25) is 0 Å². The second kappa shape index (κ2) is 9.14. The Morgan fingerprint density at radius 1 is 1.04 bits per heavy atom. The van der Waals surface area contributed by atoms with Crippen LogP contribution in [0.15, 0.2) is 36.4 Å². The standard InChI is InChI=1S/C16H17NO6/c1-3-22-15(20)8-9-16(21)23-10-14(19)17-13-7-5-4-6-12(13)11(2)18/h4-9H,3,10H2,1-2H3,(H,17,19). The molecule has 0 atom stereocenters. The minimum Gasteiger partial charge on any atom is -0.463 e. The number of para-hydroxylation sites is 1. The van der Waals surface area contributed by atoms with Gasteiger partial charge in [-0.3, -0.25) is 9.59 Å². The lowest BCUT2D eigenvalue weighted by Crippen LogP contribution is -2.21. The summed E-state index contributed by atoms with van der Waals surface area (Å²) in [5.74, 6) is -2.33. The van der Waals surface area contributed by atoms with E-state index < -0.39 is 24.5 Å². The zero-order valence-corrected chi connectivity index (χ0v) is 12.8. The first-order valence-electron chi connectivity index (χ1n) is 6.85. The summed E-state index contributed by atoms with van der Waals surface area (Å²) < 4.78 is 9.26. The zero-order chi connectivity index (χ0) is 17.2. The molecule has 0 aromatic heterocycles. The van der Waals surface area contributed by atoms with Gasteiger partial charge in [-0.25, -0.2) is 9.59 Å². The third kappa shape index (κ3) is 6.56. The average molecular weight is 319 g/mol. The molecule has 0 fully saturated rings. The fraction of sp³-hybridized carbons (Fsp3) is 0.250. The second-order valence-electron chi connectivity index (χ2n) is 4.34. The Labute approximate surface area is 133 Å². The number of carbonyl (C=O) groups excluding carboxylic acids is 4. The van der Waals surface area contributed by atoms with Crippen LogP contribution in [-0.4, -0.2) is 36.8 Å². The first-order chi connectivity index (χ1) is 10.9.